The minimum atomic E-state index is -1.24. The Bertz CT molecular complexity index is 1390. The van der Waals surface area contributed by atoms with Crippen LogP contribution >= 0.6 is 0 Å². The number of amides is 2. The van der Waals surface area contributed by atoms with Gasteiger partial charge in [0.2, 0.25) is 12.3 Å². The average molecular weight is 560 g/mol. The van der Waals surface area contributed by atoms with Crippen molar-refractivity contribution >= 4 is 24.0 Å². The van der Waals surface area contributed by atoms with Crippen molar-refractivity contribution < 1.29 is 29.1 Å². The average Bonchev–Trinajstić information content (AvgIpc) is 2.98. The van der Waals surface area contributed by atoms with Gasteiger partial charge in [-0.15, -0.1) is 0 Å². The minimum Gasteiger partial charge on any atom is -0.493 e. The number of nitrogens with zero attached hydrogens (tertiary/aromatic N) is 2. The number of ether oxygens (including phenoxy) is 1. The van der Waals surface area contributed by atoms with Crippen molar-refractivity contribution in [3.05, 3.63) is 82.9 Å². The van der Waals surface area contributed by atoms with Gasteiger partial charge in [0.15, 0.2) is 0 Å². The maximum Gasteiger partial charge on any atom is 0.322 e. The first-order chi connectivity index (χ1) is 19.8. The Labute approximate surface area is 240 Å². The molecule has 0 saturated carbocycles. The fraction of sp³-hybridized carbons (Fsp3) is 0.344. The van der Waals surface area contributed by atoms with E-state index in [1.54, 1.807) is 0 Å². The van der Waals surface area contributed by atoms with Gasteiger partial charge in [0.1, 0.15) is 18.4 Å². The third-order valence-corrected chi connectivity index (χ3v) is 7.35. The number of aryl methyl sites for hydroxylation is 1. The number of carboxylic acids is 1. The molecule has 0 saturated heterocycles. The van der Waals surface area contributed by atoms with E-state index in [1.165, 1.54) is 5.56 Å². The lowest BCUT2D eigenvalue weighted by atomic mass is 9.91. The molecule has 3 N–H and O–H groups in total. The van der Waals surface area contributed by atoms with E-state index in [1.807, 2.05) is 60.4 Å². The number of carboxylic acid groups (broad SMARTS) is 1. The molecule has 9 nitrogen and oxygen atoms in total. The second-order valence-electron chi connectivity index (χ2n) is 10.2. The third kappa shape index (κ3) is 7.50. The molecule has 3 aromatic rings. The molecule has 41 heavy (non-hydrogen) atoms. The molecule has 2 amide bonds. The maximum atomic E-state index is 13.3. The van der Waals surface area contributed by atoms with Crippen LogP contribution < -0.4 is 15.4 Å². The molecule has 0 radical (unpaired) electrons. The Hall–Kier alpha value is -4.21. The largest absolute Gasteiger partial charge is 0.493 e. The molecule has 1 aliphatic heterocycles. The maximum absolute atomic E-state index is 13.3. The van der Waals surface area contributed by atoms with E-state index in [0.29, 0.717) is 32.4 Å². The molecule has 0 fully saturated rings. The normalized spacial score (nSPS) is 13.3. The van der Waals surface area contributed by atoms with Crippen molar-refractivity contribution in [2.45, 2.75) is 52.2 Å². The molecular weight excluding hydrogens is 522 g/mol. The number of benzene rings is 3. The Morgan fingerprint density at radius 2 is 1.90 bits per heavy atom. The molecule has 1 heterocycles. The van der Waals surface area contributed by atoms with Crippen molar-refractivity contribution in [1.82, 2.24) is 5.06 Å². The fourth-order valence-corrected chi connectivity index (χ4v) is 4.96. The molecule has 0 bridgehead atoms. The molecule has 0 unspecified atom stereocenters. The molecule has 1 atom stereocenters. The van der Waals surface area contributed by atoms with E-state index in [-0.39, 0.29) is 19.1 Å². The molecule has 0 aliphatic carbocycles. The van der Waals surface area contributed by atoms with Gasteiger partial charge >= 0.3 is 5.97 Å². The van der Waals surface area contributed by atoms with E-state index in [4.69, 9.17) is 20.4 Å². The summed E-state index contributed by atoms with van der Waals surface area (Å²) in [5.41, 5.74) is 12.7. The van der Waals surface area contributed by atoms with E-state index < -0.39 is 12.0 Å². The Morgan fingerprint density at radius 1 is 1.12 bits per heavy atom. The third-order valence-electron chi connectivity index (χ3n) is 7.35. The molecule has 4 rings (SSSR count). The van der Waals surface area contributed by atoms with Crippen LogP contribution in [-0.4, -0.2) is 54.2 Å². The molecule has 1 aliphatic rings. The van der Waals surface area contributed by atoms with Crippen LogP contribution in [0.1, 0.15) is 41.5 Å². The molecule has 0 spiro atoms. The van der Waals surface area contributed by atoms with Gasteiger partial charge in [0, 0.05) is 18.7 Å². The van der Waals surface area contributed by atoms with Crippen LogP contribution in [0.15, 0.2) is 60.7 Å². The Balaban J connectivity index is 1.41. The van der Waals surface area contributed by atoms with Crippen molar-refractivity contribution in [1.29, 1.82) is 0 Å². The van der Waals surface area contributed by atoms with Gasteiger partial charge in [-0.2, -0.15) is 0 Å². The summed E-state index contributed by atoms with van der Waals surface area (Å²) in [6.07, 6.45) is 3.18. The first kappa shape index (κ1) is 29.8. The number of nitrogens with two attached hydrogens (primary N) is 1. The van der Waals surface area contributed by atoms with Gasteiger partial charge in [-0.05, 0) is 84.7 Å². The SMILES string of the molecule is Cc1cccc(OCCCC(=O)N2CCCc3c(-c4cccc(CON(C=O)C[C@H](N)C(=O)O)c4)cccc32)c1C. The summed E-state index contributed by atoms with van der Waals surface area (Å²) in [5, 5.41) is 9.88. The summed E-state index contributed by atoms with van der Waals surface area (Å²) in [4.78, 5) is 43.0. The summed E-state index contributed by atoms with van der Waals surface area (Å²) in [6.45, 7) is 5.07. The summed E-state index contributed by atoms with van der Waals surface area (Å²) in [5.74, 6) is -0.265. The van der Waals surface area contributed by atoms with Crippen LogP contribution in [0, 0.1) is 13.8 Å². The number of aliphatic carboxylic acids is 1. The first-order valence-electron chi connectivity index (χ1n) is 13.8. The van der Waals surface area contributed by atoms with Crippen molar-refractivity contribution in [2.24, 2.45) is 5.73 Å². The second kappa shape index (κ2) is 13.9. The fourth-order valence-electron chi connectivity index (χ4n) is 4.96. The number of rotatable bonds is 13. The monoisotopic (exact) mass is 559 g/mol. The van der Waals surface area contributed by atoms with E-state index in [2.05, 4.69) is 19.1 Å². The first-order valence-corrected chi connectivity index (χ1v) is 13.8. The number of carbonyl (C=O) groups is 3. The highest BCUT2D eigenvalue weighted by Gasteiger charge is 2.24. The predicted molar refractivity (Wildman–Crippen MR) is 156 cm³/mol. The summed E-state index contributed by atoms with van der Waals surface area (Å²) in [6, 6.07) is 18.5. The lowest BCUT2D eigenvalue weighted by Crippen LogP contribution is -2.42. The topological polar surface area (TPSA) is 122 Å². The van der Waals surface area contributed by atoms with Crippen LogP contribution in [0.3, 0.4) is 0 Å². The van der Waals surface area contributed by atoms with Gasteiger partial charge in [-0.1, -0.05) is 42.5 Å². The number of hydroxylamine groups is 2. The highest BCUT2D eigenvalue weighted by Crippen LogP contribution is 2.36. The lowest BCUT2D eigenvalue weighted by molar-refractivity contribution is -0.180. The van der Waals surface area contributed by atoms with Gasteiger partial charge in [-0.3, -0.25) is 19.2 Å². The van der Waals surface area contributed by atoms with Crippen LogP contribution in [0.2, 0.25) is 0 Å². The van der Waals surface area contributed by atoms with E-state index in [9.17, 15) is 14.4 Å². The predicted octanol–water partition coefficient (Wildman–Crippen LogP) is 4.41. The van der Waals surface area contributed by atoms with Crippen molar-refractivity contribution in [3.8, 4) is 16.9 Å². The van der Waals surface area contributed by atoms with E-state index in [0.717, 1.165) is 57.2 Å². The van der Waals surface area contributed by atoms with Crippen molar-refractivity contribution in [3.63, 3.8) is 0 Å². The number of anilines is 1. The highest BCUT2D eigenvalue weighted by atomic mass is 16.7. The zero-order valence-corrected chi connectivity index (χ0v) is 23.5. The Kier molecular flexibility index (Phi) is 10.1. The van der Waals surface area contributed by atoms with Gasteiger partial charge in [0.05, 0.1) is 13.2 Å². The van der Waals surface area contributed by atoms with Crippen LogP contribution in [0.5, 0.6) is 5.75 Å². The van der Waals surface area contributed by atoms with Crippen LogP contribution in [0.4, 0.5) is 5.69 Å². The summed E-state index contributed by atoms with van der Waals surface area (Å²) in [7, 11) is 0. The van der Waals surface area contributed by atoms with Gasteiger partial charge in [0.25, 0.3) is 0 Å². The molecular formula is C32H37N3O6. The smallest absolute Gasteiger partial charge is 0.322 e. The molecule has 0 aromatic heterocycles. The van der Waals surface area contributed by atoms with Crippen LogP contribution in [-0.2, 0) is 32.2 Å². The zero-order chi connectivity index (χ0) is 29.4. The Morgan fingerprint density at radius 3 is 2.68 bits per heavy atom. The lowest BCUT2D eigenvalue weighted by Gasteiger charge is -2.31. The van der Waals surface area contributed by atoms with Gasteiger partial charge in [-0.25, -0.2) is 5.06 Å². The second-order valence-corrected chi connectivity index (χ2v) is 10.2. The van der Waals surface area contributed by atoms with E-state index >= 15 is 0 Å². The molecule has 3 aromatic carbocycles. The number of hydrogen-bond donors (Lipinski definition) is 2. The summed E-state index contributed by atoms with van der Waals surface area (Å²) < 4.78 is 5.95. The molecule has 216 valence electrons. The molecule has 9 heteroatoms. The van der Waals surface area contributed by atoms with Crippen LogP contribution in [0.25, 0.3) is 11.1 Å². The quantitative estimate of drug-likeness (QED) is 0.181. The number of hydrogen-bond acceptors (Lipinski definition) is 6. The standard InChI is InChI=1S/C32H37N3O6/c1-22-8-3-14-30(23(22)2)40-17-7-15-31(37)35-16-6-12-27-26(11-5-13-29(27)35)25-10-4-9-24(18-25)20-41-34(21-36)19-28(33)32(38)39/h3-5,8-11,13-14,18,21,28H,6-7,12,15-17,19-20,33H2,1-2H3,(H,38,39)/t28-/m0/s1. The van der Waals surface area contributed by atoms with Crippen molar-refractivity contribution in [2.75, 3.05) is 24.6 Å². The minimum absolute atomic E-state index is 0.0721. The number of fused-ring (bicyclic) bond motifs is 1. The highest BCUT2D eigenvalue weighted by molar-refractivity contribution is 5.96. The number of carbonyl (C=O) groups excluding carboxylic acids is 2. The zero-order valence-electron chi connectivity index (χ0n) is 23.5. The van der Waals surface area contributed by atoms with Gasteiger partial charge < -0.3 is 20.5 Å². The summed E-state index contributed by atoms with van der Waals surface area (Å²) >= 11 is 0.